The molecule has 0 aliphatic rings. The molecule has 0 bridgehead atoms. The van der Waals surface area contributed by atoms with Crippen LogP contribution in [0.2, 0.25) is 18.1 Å². The van der Waals surface area contributed by atoms with Gasteiger partial charge in [0, 0.05) is 12.2 Å². The van der Waals surface area contributed by atoms with Crippen LogP contribution in [0, 0.1) is 0 Å². The first kappa shape index (κ1) is 15.8. The molecule has 0 aliphatic carbocycles. The van der Waals surface area contributed by atoms with E-state index in [4.69, 9.17) is 0 Å². The molecule has 0 amide bonds. The van der Waals surface area contributed by atoms with Crippen molar-refractivity contribution in [2.24, 2.45) is 0 Å². The van der Waals surface area contributed by atoms with Crippen molar-refractivity contribution in [3.05, 3.63) is 66.2 Å². The zero-order valence-electron chi connectivity index (χ0n) is 13.5. The zero-order chi connectivity index (χ0) is 15.1. The molecule has 0 fully saturated rings. The molecule has 0 N–H and O–H groups in total. The first-order chi connectivity index (χ1) is 10.3. The van der Waals surface area contributed by atoms with Crippen LogP contribution in [0.1, 0.15) is 26.3 Å². The van der Waals surface area contributed by atoms with Gasteiger partial charge in [0.1, 0.15) is 0 Å². The van der Waals surface area contributed by atoms with Crippen molar-refractivity contribution in [2.75, 3.05) is 4.57 Å². The SMILES string of the molecule is CC[Si](CC)(CC)N(Cc1ccccc1)c1ccccc1. The summed E-state index contributed by atoms with van der Waals surface area (Å²) in [6, 6.07) is 25.8. The maximum atomic E-state index is 2.74. The third-order valence-corrected chi connectivity index (χ3v) is 10.3. The van der Waals surface area contributed by atoms with Crippen LogP contribution in [0.3, 0.4) is 0 Å². The van der Waals surface area contributed by atoms with E-state index in [0.717, 1.165) is 6.54 Å². The fourth-order valence-corrected chi connectivity index (χ4v) is 7.09. The molecule has 1 nitrogen and oxygen atoms in total. The van der Waals surface area contributed by atoms with Gasteiger partial charge in [-0.05, 0) is 35.8 Å². The normalized spacial score (nSPS) is 11.4. The van der Waals surface area contributed by atoms with E-state index < -0.39 is 8.24 Å². The van der Waals surface area contributed by atoms with Gasteiger partial charge in [0.15, 0.2) is 8.24 Å². The molecule has 0 radical (unpaired) electrons. The van der Waals surface area contributed by atoms with Gasteiger partial charge in [-0.2, -0.15) is 0 Å². The largest absolute Gasteiger partial charge is 0.393 e. The van der Waals surface area contributed by atoms with Gasteiger partial charge in [-0.15, -0.1) is 0 Å². The lowest BCUT2D eigenvalue weighted by Crippen LogP contribution is -2.52. The molecular formula is C19H27NSi. The molecule has 0 atom stereocenters. The van der Waals surface area contributed by atoms with Crippen molar-refractivity contribution < 1.29 is 0 Å². The predicted molar refractivity (Wildman–Crippen MR) is 96.3 cm³/mol. The lowest BCUT2D eigenvalue weighted by molar-refractivity contribution is 0.949. The molecule has 21 heavy (non-hydrogen) atoms. The van der Waals surface area contributed by atoms with Gasteiger partial charge in [0.2, 0.25) is 0 Å². The summed E-state index contributed by atoms with van der Waals surface area (Å²) >= 11 is 0. The van der Waals surface area contributed by atoms with E-state index in [9.17, 15) is 0 Å². The van der Waals surface area contributed by atoms with E-state index >= 15 is 0 Å². The predicted octanol–water partition coefficient (Wildman–Crippen LogP) is 5.70. The van der Waals surface area contributed by atoms with E-state index in [1.165, 1.54) is 29.4 Å². The summed E-state index contributed by atoms with van der Waals surface area (Å²) in [5.74, 6) is 0. The average Bonchev–Trinajstić information content (AvgIpc) is 2.57. The number of anilines is 1. The number of benzene rings is 2. The van der Waals surface area contributed by atoms with Gasteiger partial charge < -0.3 is 4.57 Å². The van der Waals surface area contributed by atoms with Crippen LogP contribution in [0.15, 0.2) is 60.7 Å². The van der Waals surface area contributed by atoms with Crippen molar-refractivity contribution in [1.82, 2.24) is 0 Å². The maximum absolute atomic E-state index is 2.74. The van der Waals surface area contributed by atoms with Gasteiger partial charge in [-0.1, -0.05) is 69.3 Å². The molecule has 2 rings (SSSR count). The summed E-state index contributed by atoms with van der Waals surface area (Å²) in [6.07, 6.45) is 0. The molecule has 0 aromatic heterocycles. The molecule has 0 saturated carbocycles. The molecule has 0 unspecified atom stereocenters. The van der Waals surface area contributed by atoms with E-state index in [0.29, 0.717) is 0 Å². The molecule has 112 valence electrons. The van der Waals surface area contributed by atoms with Crippen molar-refractivity contribution in [3.8, 4) is 0 Å². The first-order valence-corrected chi connectivity index (χ1v) is 10.7. The van der Waals surface area contributed by atoms with E-state index in [1.807, 2.05) is 0 Å². The smallest absolute Gasteiger partial charge is 0.156 e. The van der Waals surface area contributed by atoms with Gasteiger partial charge in [-0.3, -0.25) is 0 Å². The lowest BCUT2D eigenvalue weighted by Gasteiger charge is -2.43. The Balaban J connectivity index is 2.39. The number of hydrogen-bond acceptors (Lipinski definition) is 1. The highest BCUT2D eigenvalue weighted by atomic mass is 28.3. The zero-order valence-corrected chi connectivity index (χ0v) is 14.5. The summed E-state index contributed by atoms with van der Waals surface area (Å²) in [7, 11) is -1.44. The summed E-state index contributed by atoms with van der Waals surface area (Å²) in [5.41, 5.74) is 2.80. The van der Waals surface area contributed by atoms with Crippen LogP contribution >= 0.6 is 0 Å². The fourth-order valence-electron chi connectivity index (χ4n) is 3.23. The lowest BCUT2D eigenvalue weighted by atomic mass is 10.2. The minimum absolute atomic E-state index is 1.03. The quantitative estimate of drug-likeness (QED) is 0.593. The third-order valence-electron chi connectivity index (χ3n) is 4.80. The van der Waals surface area contributed by atoms with Crippen LogP contribution in [0.25, 0.3) is 0 Å². The summed E-state index contributed by atoms with van der Waals surface area (Å²) in [5, 5.41) is 0. The monoisotopic (exact) mass is 297 g/mol. The standard InChI is InChI=1S/C19H27NSi/c1-4-21(5-2,6-3)20(19-15-11-8-12-16-19)17-18-13-9-7-10-14-18/h7-16H,4-6,17H2,1-3H3. The van der Waals surface area contributed by atoms with Crippen molar-refractivity contribution in [2.45, 2.75) is 45.4 Å². The fraction of sp³-hybridized carbons (Fsp3) is 0.368. The molecule has 0 spiro atoms. The Kier molecular flexibility index (Phi) is 5.63. The maximum Gasteiger partial charge on any atom is 0.156 e. The summed E-state index contributed by atoms with van der Waals surface area (Å²) in [4.78, 5) is 0. The van der Waals surface area contributed by atoms with Crippen LogP contribution in [0.5, 0.6) is 0 Å². The minimum atomic E-state index is -1.44. The van der Waals surface area contributed by atoms with E-state index in [2.05, 4.69) is 86.0 Å². The second-order valence-electron chi connectivity index (χ2n) is 5.69. The number of para-hydroxylation sites is 1. The Labute approximate surface area is 130 Å². The van der Waals surface area contributed by atoms with Crippen molar-refractivity contribution in [3.63, 3.8) is 0 Å². The second kappa shape index (κ2) is 7.46. The van der Waals surface area contributed by atoms with Gasteiger partial charge in [0.25, 0.3) is 0 Å². The van der Waals surface area contributed by atoms with Gasteiger partial charge in [-0.25, -0.2) is 0 Å². The number of nitrogens with zero attached hydrogens (tertiary/aromatic N) is 1. The van der Waals surface area contributed by atoms with Crippen LogP contribution in [0.4, 0.5) is 5.69 Å². The molecule has 2 aromatic rings. The minimum Gasteiger partial charge on any atom is -0.393 e. The Morgan fingerprint density at radius 2 is 1.19 bits per heavy atom. The van der Waals surface area contributed by atoms with Crippen molar-refractivity contribution in [1.29, 1.82) is 0 Å². The highest BCUT2D eigenvalue weighted by Gasteiger charge is 2.34. The highest BCUT2D eigenvalue weighted by Crippen LogP contribution is 2.31. The molecule has 0 heterocycles. The Bertz CT molecular complexity index is 512. The first-order valence-electron chi connectivity index (χ1n) is 8.12. The van der Waals surface area contributed by atoms with Crippen LogP contribution < -0.4 is 4.57 Å². The summed E-state index contributed by atoms with van der Waals surface area (Å²) < 4.78 is 2.74. The second-order valence-corrected chi connectivity index (χ2v) is 10.8. The number of hydrogen-bond donors (Lipinski definition) is 0. The van der Waals surface area contributed by atoms with E-state index in [1.54, 1.807) is 0 Å². The van der Waals surface area contributed by atoms with Gasteiger partial charge >= 0.3 is 0 Å². The molecule has 0 saturated heterocycles. The molecule has 2 heteroatoms. The molecule has 2 aromatic carbocycles. The third kappa shape index (κ3) is 3.56. The van der Waals surface area contributed by atoms with Crippen LogP contribution in [-0.2, 0) is 6.54 Å². The molecule has 0 aliphatic heterocycles. The topological polar surface area (TPSA) is 3.24 Å². The van der Waals surface area contributed by atoms with Gasteiger partial charge in [0.05, 0.1) is 0 Å². The Morgan fingerprint density at radius 1 is 0.714 bits per heavy atom. The van der Waals surface area contributed by atoms with E-state index in [-0.39, 0.29) is 0 Å². The highest BCUT2D eigenvalue weighted by molar-refractivity contribution is 6.83. The number of rotatable bonds is 7. The summed E-state index contributed by atoms with van der Waals surface area (Å²) in [6.45, 7) is 8.16. The van der Waals surface area contributed by atoms with Crippen LogP contribution in [-0.4, -0.2) is 8.24 Å². The molecular weight excluding hydrogens is 270 g/mol. The van der Waals surface area contributed by atoms with Crippen molar-refractivity contribution >= 4 is 13.9 Å². The Hall–Kier alpha value is -1.54. The average molecular weight is 298 g/mol. The Morgan fingerprint density at radius 3 is 1.67 bits per heavy atom.